The molecule has 4 atom stereocenters. The lowest BCUT2D eigenvalue weighted by Crippen LogP contribution is -2.53. The quantitative estimate of drug-likeness (QED) is 0.451. The van der Waals surface area contributed by atoms with Crippen LogP contribution in [0.1, 0.15) is 65.7 Å². The van der Waals surface area contributed by atoms with Crippen molar-refractivity contribution in [2.45, 2.75) is 65.7 Å². The van der Waals surface area contributed by atoms with Crippen LogP contribution in [0.2, 0.25) is 0 Å². The summed E-state index contributed by atoms with van der Waals surface area (Å²) in [7, 11) is 0. The van der Waals surface area contributed by atoms with E-state index >= 15 is 0 Å². The maximum Gasteiger partial charge on any atom is 0.309 e. The van der Waals surface area contributed by atoms with Gasteiger partial charge in [0.25, 0.3) is 0 Å². The average molecular weight is 318 g/mol. The van der Waals surface area contributed by atoms with Crippen LogP contribution < -0.4 is 0 Å². The molecule has 2 saturated carbocycles. The van der Waals surface area contributed by atoms with Crippen LogP contribution in [0.3, 0.4) is 0 Å². The van der Waals surface area contributed by atoms with Gasteiger partial charge in [0.2, 0.25) is 0 Å². The van der Waals surface area contributed by atoms with Crippen LogP contribution in [0, 0.1) is 22.7 Å². The molecule has 128 valence electrons. The largest absolute Gasteiger partial charge is 0.481 e. The van der Waals surface area contributed by atoms with Crippen molar-refractivity contribution in [3.8, 4) is 0 Å². The lowest BCUT2D eigenvalue weighted by Gasteiger charge is -2.57. The van der Waals surface area contributed by atoms with Crippen LogP contribution in [0.25, 0.3) is 0 Å². The van der Waals surface area contributed by atoms with E-state index in [-0.39, 0.29) is 11.3 Å². The summed E-state index contributed by atoms with van der Waals surface area (Å²) in [4.78, 5) is 22.6. The number of hydrogen-bond acceptors (Lipinski definition) is 2. The summed E-state index contributed by atoms with van der Waals surface area (Å²) in [5, 5.41) is 9.82. The summed E-state index contributed by atoms with van der Waals surface area (Å²) in [6.07, 6.45) is 9.05. The maximum atomic E-state index is 11.9. The second kappa shape index (κ2) is 6.62. The lowest BCUT2D eigenvalue weighted by atomic mass is 9.46. The van der Waals surface area contributed by atoms with Gasteiger partial charge in [0.15, 0.2) is 0 Å². The van der Waals surface area contributed by atoms with Crippen molar-refractivity contribution >= 4 is 12.3 Å². The summed E-state index contributed by atoms with van der Waals surface area (Å²) in [5.41, 5.74) is 1.77. The van der Waals surface area contributed by atoms with Gasteiger partial charge in [-0.05, 0) is 75.7 Å². The first kappa shape index (κ1) is 18.0. The average Bonchev–Trinajstić information content (AvgIpc) is 2.46. The first-order chi connectivity index (χ1) is 10.8. The molecular weight excluding hydrogens is 288 g/mol. The topological polar surface area (TPSA) is 54.4 Å². The van der Waals surface area contributed by atoms with Crippen molar-refractivity contribution in [2.75, 3.05) is 0 Å². The van der Waals surface area contributed by atoms with Gasteiger partial charge in [-0.1, -0.05) is 31.1 Å². The summed E-state index contributed by atoms with van der Waals surface area (Å²) in [6, 6.07) is 0. The Bertz CT molecular complexity index is 533. The van der Waals surface area contributed by atoms with E-state index in [4.69, 9.17) is 0 Å². The fourth-order valence-electron chi connectivity index (χ4n) is 5.31. The molecular formula is C20H30O3. The van der Waals surface area contributed by atoms with Gasteiger partial charge in [-0.15, -0.1) is 0 Å². The molecule has 3 nitrogen and oxygen atoms in total. The summed E-state index contributed by atoms with van der Waals surface area (Å²) < 4.78 is 0. The molecule has 2 aliphatic carbocycles. The Morgan fingerprint density at radius 1 is 1.39 bits per heavy atom. The van der Waals surface area contributed by atoms with Crippen LogP contribution in [0.15, 0.2) is 23.8 Å². The van der Waals surface area contributed by atoms with Gasteiger partial charge in [0.05, 0.1) is 5.41 Å². The lowest BCUT2D eigenvalue weighted by molar-refractivity contribution is -0.164. The number of allylic oxidation sites excluding steroid dienone is 3. The minimum absolute atomic E-state index is 0.0161. The third kappa shape index (κ3) is 3.15. The van der Waals surface area contributed by atoms with Crippen LogP contribution in [0.4, 0.5) is 0 Å². The standard InChI is InChI=1S/C20H30O3/c1-14(10-13-21)6-8-16-15(2)7-9-17-19(16,3)11-5-12-20(17,4)18(22)23/h10,13,16-17H,2,5-9,11-12H2,1,3-4H3,(H,22,23)/b14-10-/t16-,17-,19+,20-/m0/s1. The highest BCUT2D eigenvalue weighted by molar-refractivity contribution is 5.75. The van der Waals surface area contributed by atoms with Crippen LogP contribution in [0.5, 0.6) is 0 Å². The molecule has 0 aromatic heterocycles. The zero-order chi connectivity index (χ0) is 17.3. The summed E-state index contributed by atoms with van der Waals surface area (Å²) >= 11 is 0. The van der Waals surface area contributed by atoms with E-state index in [0.29, 0.717) is 5.92 Å². The minimum Gasteiger partial charge on any atom is -0.481 e. The molecule has 2 aliphatic rings. The molecule has 0 unspecified atom stereocenters. The van der Waals surface area contributed by atoms with E-state index in [0.717, 1.165) is 56.8 Å². The molecule has 0 aromatic carbocycles. The Morgan fingerprint density at radius 3 is 2.70 bits per heavy atom. The van der Waals surface area contributed by atoms with Crippen LogP contribution in [-0.2, 0) is 9.59 Å². The van der Waals surface area contributed by atoms with Crippen LogP contribution in [-0.4, -0.2) is 17.4 Å². The minimum atomic E-state index is -0.642. The fourth-order valence-corrected chi connectivity index (χ4v) is 5.31. The SMILES string of the molecule is C=C1CC[C@H]2[C@](C)(CCC[C@]2(C)C(=O)O)[C@H]1CC/C(C)=C\C=O. The van der Waals surface area contributed by atoms with E-state index in [2.05, 4.69) is 13.5 Å². The molecule has 3 heteroatoms. The van der Waals surface area contributed by atoms with Crippen molar-refractivity contribution in [1.29, 1.82) is 0 Å². The molecule has 0 heterocycles. The van der Waals surface area contributed by atoms with Crippen molar-refractivity contribution in [3.63, 3.8) is 0 Å². The van der Waals surface area contributed by atoms with Gasteiger partial charge < -0.3 is 5.11 Å². The molecule has 0 bridgehead atoms. The maximum absolute atomic E-state index is 11.9. The van der Waals surface area contributed by atoms with Crippen LogP contribution >= 0.6 is 0 Å². The highest BCUT2D eigenvalue weighted by Gasteiger charge is 2.57. The van der Waals surface area contributed by atoms with E-state index in [1.807, 2.05) is 13.8 Å². The van der Waals surface area contributed by atoms with Gasteiger partial charge in [0.1, 0.15) is 6.29 Å². The monoisotopic (exact) mass is 318 g/mol. The van der Waals surface area contributed by atoms with Crippen molar-refractivity contribution < 1.29 is 14.7 Å². The zero-order valence-corrected chi connectivity index (χ0v) is 14.7. The molecule has 0 amide bonds. The van der Waals surface area contributed by atoms with Crippen molar-refractivity contribution in [1.82, 2.24) is 0 Å². The predicted molar refractivity (Wildman–Crippen MR) is 92.1 cm³/mol. The number of carboxylic acid groups (broad SMARTS) is 1. The highest BCUT2D eigenvalue weighted by atomic mass is 16.4. The Kier molecular flexibility index (Phi) is 5.17. The van der Waals surface area contributed by atoms with Crippen molar-refractivity contribution in [3.05, 3.63) is 23.8 Å². The van der Waals surface area contributed by atoms with E-state index < -0.39 is 11.4 Å². The molecule has 0 saturated heterocycles. The van der Waals surface area contributed by atoms with Gasteiger partial charge in [-0.25, -0.2) is 0 Å². The first-order valence-corrected chi connectivity index (χ1v) is 8.77. The Hall–Kier alpha value is -1.38. The van der Waals surface area contributed by atoms with E-state index in [1.54, 1.807) is 6.08 Å². The van der Waals surface area contributed by atoms with Crippen molar-refractivity contribution in [2.24, 2.45) is 22.7 Å². The van der Waals surface area contributed by atoms with E-state index in [9.17, 15) is 14.7 Å². The molecule has 2 rings (SSSR count). The highest BCUT2D eigenvalue weighted by Crippen LogP contribution is 2.62. The second-order valence-electron chi connectivity index (χ2n) is 8.07. The number of carbonyl (C=O) groups excluding carboxylic acids is 1. The number of carbonyl (C=O) groups is 2. The number of carboxylic acids is 1. The Morgan fingerprint density at radius 2 is 2.09 bits per heavy atom. The predicted octanol–water partition coefficient (Wildman–Crippen LogP) is 4.78. The van der Waals surface area contributed by atoms with Gasteiger partial charge in [0, 0.05) is 0 Å². The second-order valence-corrected chi connectivity index (χ2v) is 8.07. The summed E-state index contributed by atoms with van der Waals surface area (Å²) in [6.45, 7) is 10.5. The molecule has 23 heavy (non-hydrogen) atoms. The normalized spacial score (nSPS) is 38.0. The van der Waals surface area contributed by atoms with Gasteiger partial charge in [-0.3, -0.25) is 9.59 Å². The third-order valence-corrected chi connectivity index (χ3v) is 6.69. The Balaban J connectivity index is 2.27. The number of rotatable bonds is 5. The first-order valence-electron chi connectivity index (χ1n) is 8.77. The number of hydrogen-bond donors (Lipinski definition) is 1. The molecule has 0 aliphatic heterocycles. The van der Waals surface area contributed by atoms with Gasteiger partial charge in [-0.2, -0.15) is 0 Å². The molecule has 0 radical (unpaired) electrons. The van der Waals surface area contributed by atoms with Gasteiger partial charge >= 0.3 is 5.97 Å². The third-order valence-electron chi connectivity index (χ3n) is 6.69. The smallest absolute Gasteiger partial charge is 0.309 e. The summed E-state index contributed by atoms with van der Waals surface area (Å²) in [5.74, 6) is -0.0703. The molecule has 0 spiro atoms. The molecule has 1 N–H and O–H groups in total. The zero-order valence-electron chi connectivity index (χ0n) is 14.7. The number of aliphatic carboxylic acids is 1. The number of fused-ring (bicyclic) bond motifs is 1. The molecule has 2 fully saturated rings. The molecule has 0 aromatic rings. The Labute approximate surface area is 139 Å². The van der Waals surface area contributed by atoms with E-state index in [1.165, 1.54) is 5.57 Å². The number of aldehydes is 1. The fraction of sp³-hybridized carbons (Fsp3) is 0.700.